The zero-order valence-corrected chi connectivity index (χ0v) is 19.3. The number of thiazole rings is 1. The number of allylic oxidation sites excluding steroid dienone is 2. The van der Waals surface area contributed by atoms with E-state index in [1.54, 1.807) is 11.3 Å². The largest absolute Gasteiger partial charge is 0.329 e. The van der Waals surface area contributed by atoms with Gasteiger partial charge in [-0.25, -0.2) is 13.8 Å². The van der Waals surface area contributed by atoms with Gasteiger partial charge in [-0.3, -0.25) is 4.79 Å². The van der Waals surface area contributed by atoms with Crippen LogP contribution in [0.2, 0.25) is 0 Å². The van der Waals surface area contributed by atoms with Crippen molar-refractivity contribution in [1.29, 1.82) is 0 Å². The number of ketones is 1. The maximum absolute atomic E-state index is 14.1. The first-order valence-electron chi connectivity index (χ1n) is 11.8. The number of aryl methyl sites for hydroxylation is 1. The van der Waals surface area contributed by atoms with Crippen molar-refractivity contribution >= 4 is 33.5 Å². The predicted molar refractivity (Wildman–Crippen MR) is 123 cm³/mol. The average Bonchev–Trinajstić information content (AvgIpc) is 3.30. The molecule has 5 atom stereocenters. The van der Waals surface area contributed by atoms with Gasteiger partial charge in [-0.05, 0) is 79.4 Å². The maximum atomic E-state index is 14.1. The summed E-state index contributed by atoms with van der Waals surface area (Å²) in [5, 5.41) is 3.72. The summed E-state index contributed by atoms with van der Waals surface area (Å²) < 4.78 is 27.4. The molecule has 2 aromatic rings. The third kappa shape index (κ3) is 2.81. The maximum Gasteiger partial charge on any atom is 0.188 e. The quantitative estimate of drug-likeness (QED) is 0.536. The molecule has 0 amide bonds. The van der Waals surface area contributed by atoms with Crippen molar-refractivity contribution in [2.45, 2.75) is 58.8 Å². The summed E-state index contributed by atoms with van der Waals surface area (Å²) in [6, 6.07) is 3.56. The zero-order chi connectivity index (χ0) is 22.3. The van der Waals surface area contributed by atoms with E-state index in [9.17, 15) is 13.6 Å². The number of rotatable bonds is 2. The van der Waals surface area contributed by atoms with Gasteiger partial charge >= 0.3 is 0 Å². The van der Waals surface area contributed by atoms with Crippen molar-refractivity contribution in [3.05, 3.63) is 46.5 Å². The predicted octanol–water partition coefficient (Wildman–Crippen LogP) is 6.92. The van der Waals surface area contributed by atoms with E-state index in [-0.39, 0.29) is 16.5 Å². The van der Waals surface area contributed by atoms with Crippen molar-refractivity contribution < 1.29 is 13.6 Å². The molecule has 32 heavy (non-hydrogen) atoms. The van der Waals surface area contributed by atoms with E-state index in [4.69, 9.17) is 4.98 Å². The highest BCUT2D eigenvalue weighted by atomic mass is 32.1. The number of carbonyl (C=O) groups excluding carboxylic acids is 1. The molecule has 168 valence electrons. The first-order chi connectivity index (χ1) is 15.3. The van der Waals surface area contributed by atoms with Crippen LogP contribution in [-0.2, 0) is 11.2 Å². The molecule has 1 aromatic heterocycles. The minimum atomic E-state index is -0.612. The second-order valence-electron chi connectivity index (χ2n) is 10.6. The summed E-state index contributed by atoms with van der Waals surface area (Å²) in [5.41, 5.74) is 2.62. The highest BCUT2D eigenvalue weighted by Crippen LogP contribution is 2.65. The Labute approximate surface area is 191 Å². The van der Waals surface area contributed by atoms with E-state index in [2.05, 4.69) is 25.2 Å². The van der Waals surface area contributed by atoms with Gasteiger partial charge in [-0.1, -0.05) is 19.9 Å². The molecule has 4 aliphatic carbocycles. The van der Waals surface area contributed by atoms with Crippen LogP contribution in [0.3, 0.4) is 0 Å². The Morgan fingerprint density at radius 1 is 1.09 bits per heavy atom. The van der Waals surface area contributed by atoms with Crippen LogP contribution in [0.1, 0.15) is 62.9 Å². The molecule has 0 saturated heterocycles. The standard InChI is InChI=1S/C26H28F2N2OS/c1-25-12-10-21-23(30-24(32-21)29-20-7-3-14(27)13-19(20)28)18(25)5-4-15-16-6-8-22(31)26(16,2)11-9-17(15)25/h3,5,7,13,15-17H,4,6,8-12H2,1-2H3,(H,29,30)/t15-,16-,17-,25+,26-/m0/s1. The molecule has 4 aliphatic rings. The van der Waals surface area contributed by atoms with Crippen LogP contribution in [0.4, 0.5) is 19.6 Å². The van der Waals surface area contributed by atoms with E-state index in [0.29, 0.717) is 28.7 Å². The Hall–Kier alpha value is -2.08. The minimum Gasteiger partial charge on any atom is -0.329 e. The monoisotopic (exact) mass is 454 g/mol. The molecule has 0 unspecified atom stereocenters. The molecular weight excluding hydrogens is 426 g/mol. The molecule has 0 spiro atoms. The molecule has 6 heteroatoms. The molecule has 0 aliphatic heterocycles. The first-order valence-corrected chi connectivity index (χ1v) is 12.6. The van der Waals surface area contributed by atoms with E-state index in [1.807, 2.05) is 0 Å². The lowest BCUT2D eigenvalue weighted by molar-refractivity contribution is -0.131. The van der Waals surface area contributed by atoms with Crippen molar-refractivity contribution in [1.82, 2.24) is 4.98 Å². The third-order valence-electron chi connectivity index (χ3n) is 9.17. The van der Waals surface area contributed by atoms with Gasteiger partial charge in [-0.15, -0.1) is 11.3 Å². The minimum absolute atomic E-state index is 0.0787. The molecule has 2 fully saturated rings. The Kier molecular flexibility index (Phi) is 4.46. The molecular formula is C26H28F2N2OS. The van der Waals surface area contributed by atoms with Crippen molar-refractivity contribution in [3.8, 4) is 0 Å². The van der Waals surface area contributed by atoms with Crippen LogP contribution >= 0.6 is 11.3 Å². The number of nitrogens with zero attached hydrogens (tertiary/aromatic N) is 1. The van der Waals surface area contributed by atoms with E-state index in [1.165, 1.54) is 22.6 Å². The summed E-state index contributed by atoms with van der Waals surface area (Å²) in [5.74, 6) is 0.970. The highest BCUT2D eigenvalue weighted by molar-refractivity contribution is 7.15. The molecule has 1 heterocycles. The van der Waals surface area contributed by atoms with Crippen LogP contribution in [0.15, 0.2) is 24.3 Å². The molecule has 0 bridgehead atoms. The Balaban J connectivity index is 1.33. The summed E-state index contributed by atoms with van der Waals surface area (Å²) in [7, 11) is 0. The van der Waals surface area contributed by atoms with Gasteiger partial charge in [0.1, 0.15) is 17.4 Å². The van der Waals surface area contributed by atoms with Gasteiger partial charge < -0.3 is 5.32 Å². The lowest BCUT2D eigenvalue weighted by Gasteiger charge is -2.55. The van der Waals surface area contributed by atoms with Gasteiger partial charge in [0.05, 0.1) is 11.4 Å². The van der Waals surface area contributed by atoms with Crippen LogP contribution in [-0.4, -0.2) is 10.8 Å². The van der Waals surface area contributed by atoms with Gasteiger partial charge in [0, 0.05) is 22.8 Å². The Bertz CT molecular complexity index is 1160. The SMILES string of the molecule is C[C@]12CCc3sc(Nc4ccc(F)cc4F)nc3C1=CC[C@@H]1[C@@H]2CC[C@]2(C)C(=O)CC[C@@H]12. The third-order valence-corrected chi connectivity index (χ3v) is 10.2. The number of nitrogens with one attached hydrogen (secondary N) is 1. The normalized spacial score (nSPS) is 35.4. The van der Waals surface area contributed by atoms with E-state index < -0.39 is 11.6 Å². The van der Waals surface area contributed by atoms with Gasteiger partial charge in [-0.2, -0.15) is 0 Å². The number of Topliss-reactive ketones (excluding diaryl/α,β-unsaturated/α-hetero) is 1. The second-order valence-corrected chi connectivity index (χ2v) is 11.7. The lowest BCUT2D eigenvalue weighted by Crippen LogP contribution is -2.49. The summed E-state index contributed by atoms with van der Waals surface area (Å²) >= 11 is 1.57. The molecule has 1 aromatic carbocycles. The second kappa shape index (κ2) is 6.96. The topological polar surface area (TPSA) is 42.0 Å². The molecule has 2 saturated carbocycles. The summed E-state index contributed by atoms with van der Waals surface area (Å²) in [4.78, 5) is 18.8. The number of aromatic nitrogens is 1. The van der Waals surface area contributed by atoms with Crippen LogP contribution in [0.5, 0.6) is 0 Å². The number of halogens is 2. The van der Waals surface area contributed by atoms with E-state index in [0.717, 1.165) is 56.7 Å². The Morgan fingerprint density at radius 2 is 1.91 bits per heavy atom. The number of fused-ring (bicyclic) bond motifs is 7. The van der Waals surface area contributed by atoms with E-state index >= 15 is 0 Å². The molecule has 6 rings (SSSR count). The fourth-order valence-electron chi connectivity index (χ4n) is 7.42. The number of anilines is 2. The average molecular weight is 455 g/mol. The summed E-state index contributed by atoms with van der Waals surface area (Å²) in [6.07, 6.45) is 9.42. The highest BCUT2D eigenvalue weighted by Gasteiger charge is 2.58. The van der Waals surface area contributed by atoms with Gasteiger partial charge in [0.15, 0.2) is 5.13 Å². The number of hydrogen-bond donors (Lipinski definition) is 1. The van der Waals surface area contributed by atoms with Crippen LogP contribution < -0.4 is 5.32 Å². The zero-order valence-electron chi connectivity index (χ0n) is 18.5. The van der Waals surface area contributed by atoms with Crippen molar-refractivity contribution in [2.24, 2.45) is 28.6 Å². The molecule has 1 N–H and O–H groups in total. The van der Waals surface area contributed by atoms with Crippen LogP contribution in [0, 0.1) is 40.2 Å². The van der Waals surface area contributed by atoms with Gasteiger partial charge in [0.2, 0.25) is 0 Å². The van der Waals surface area contributed by atoms with Gasteiger partial charge in [0.25, 0.3) is 0 Å². The molecule has 0 radical (unpaired) electrons. The number of benzene rings is 1. The smallest absolute Gasteiger partial charge is 0.188 e. The number of carbonyl (C=O) groups is 1. The molecule has 3 nitrogen and oxygen atoms in total. The lowest BCUT2D eigenvalue weighted by atomic mass is 9.48. The fourth-order valence-corrected chi connectivity index (χ4v) is 8.40. The summed E-state index contributed by atoms with van der Waals surface area (Å²) in [6.45, 7) is 4.63. The van der Waals surface area contributed by atoms with Crippen molar-refractivity contribution in [2.75, 3.05) is 5.32 Å². The Morgan fingerprint density at radius 3 is 2.72 bits per heavy atom. The fraction of sp³-hybridized carbons (Fsp3) is 0.538. The van der Waals surface area contributed by atoms with Crippen molar-refractivity contribution in [3.63, 3.8) is 0 Å². The number of hydrogen-bond acceptors (Lipinski definition) is 4. The van der Waals surface area contributed by atoms with Crippen LogP contribution in [0.25, 0.3) is 5.57 Å². The first kappa shape index (κ1) is 20.5.